The second-order valence-corrected chi connectivity index (χ2v) is 5.00. The zero-order chi connectivity index (χ0) is 14.1. The molecule has 1 fully saturated rings. The highest BCUT2D eigenvalue weighted by molar-refractivity contribution is 6.13. The van der Waals surface area contributed by atoms with Crippen molar-refractivity contribution in [3.05, 3.63) is 34.9 Å². The zero-order valence-corrected chi connectivity index (χ0v) is 11.2. The van der Waals surface area contributed by atoms with Gasteiger partial charge in [0.05, 0.1) is 6.42 Å². The lowest BCUT2D eigenvalue weighted by molar-refractivity contribution is -0.124. The summed E-state index contributed by atoms with van der Waals surface area (Å²) < 4.78 is 10.6. The van der Waals surface area contributed by atoms with Crippen LogP contribution in [-0.4, -0.2) is 18.6 Å². The minimum absolute atomic E-state index is 0.200. The Balaban J connectivity index is 1.69. The van der Waals surface area contributed by atoms with Gasteiger partial charge in [-0.1, -0.05) is 11.6 Å². The molecule has 1 saturated heterocycles. The molecule has 1 aromatic carbocycles. The third-order valence-electron chi connectivity index (χ3n) is 3.61. The molecule has 2 amide bonds. The van der Waals surface area contributed by atoms with Gasteiger partial charge in [0.2, 0.25) is 12.7 Å². The van der Waals surface area contributed by atoms with Gasteiger partial charge in [0, 0.05) is 5.57 Å². The number of carbonyl (C=O) groups is 2. The highest BCUT2D eigenvalue weighted by Gasteiger charge is 2.25. The van der Waals surface area contributed by atoms with E-state index in [1.54, 1.807) is 0 Å². The lowest BCUT2D eigenvalue weighted by Gasteiger charge is -2.05. The van der Waals surface area contributed by atoms with Crippen LogP contribution in [0.5, 0.6) is 11.5 Å². The van der Waals surface area contributed by atoms with Gasteiger partial charge in [-0.15, -0.1) is 0 Å². The summed E-state index contributed by atoms with van der Waals surface area (Å²) in [4.78, 5) is 22.7. The van der Waals surface area contributed by atoms with Gasteiger partial charge < -0.3 is 9.47 Å². The third-order valence-corrected chi connectivity index (χ3v) is 3.61. The molecule has 0 unspecified atom stereocenters. The number of amides is 2. The number of fused-ring (bicyclic) bond motifs is 1. The minimum atomic E-state index is -0.252. The van der Waals surface area contributed by atoms with Gasteiger partial charge in [0.25, 0.3) is 5.91 Å². The van der Waals surface area contributed by atoms with Crippen LogP contribution in [0.15, 0.2) is 29.3 Å². The summed E-state index contributed by atoms with van der Waals surface area (Å²) >= 11 is 0. The SMILES string of the molecule is CC(CCc1ccc2c(c1)OCO2)=C1CC(=O)NC1=O. The lowest BCUT2D eigenvalue weighted by atomic mass is 10.00. The van der Waals surface area contributed by atoms with Crippen molar-refractivity contribution in [1.82, 2.24) is 5.32 Å². The van der Waals surface area contributed by atoms with Crippen molar-refractivity contribution in [3.63, 3.8) is 0 Å². The van der Waals surface area contributed by atoms with Crippen molar-refractivity contribution in [1.29, 1.82) is 0 Å². The molecule has 104 valence electrons. The maximum absolute atomic E-state index is 11.6. The first-order chi connectivity index (χ1) is 9.63. The van der Waals surface area contributed by atoms with Crippen molar-refractivity contribution in [2.75, 3.05) is 6.79 Å². The predicted molar refractivity (Wildman–Crippen MR) is 71.4 cm³/mol. The standard InChI is InChI=1S/C15H15NO4/c1-9(11-7-14(17)16-15(11)18)2-3-10-4-5-12-13(6-10)20-8-19-12/h4-6H,2-3,7-8H2,1H3,(H,16,17,18). The van der Waals surface area contributed by atoms with Crippen LogP contribution in [0, 0.1) is 0 Å². The van der Waals surface area contributed by atoms with Crippen LogP contribution in [0.3, 0.4) is 0 Å². The molecule has 2 heterocycles. The first kappa shape index (κ1) is 12.7. The number of rotatable bonds is 3. The minimum Gasteiger partial charge on any atom is -0.454 e. The Morgan fingerprint density at radius 3 is 2.80 bits per heavy atom. The molecule has 0 radical (unpaired) electrons. The zero-order valence-electron chi connectivity index (χ0n) is 11.2. The molecule has 0 aromatic heterocycles. The van der Waals surface area contributed by atoms with Gasteiger partial charge in [-0.3, -0.25) is 14.9 Å². The Morgan fingerprint density at radius 1 is 1.25 bits per heavy atom. The maximum Gasteiger partial charge on any atom is 0.254 e. The fraction of sp³-hybridized carbons (Fsp3) is 0.333. The van der Waals surface area contributed by atoms with Gasteiger partial charge >= 0.3 is 0 Å². The number of imide groups is 1. The van der Waals surface area contributed by atoms with Crippen LogP contribution in [0.2, 0.25) is 0 Å². The molecule has 0 bridgehead atoms. The van der Waals surface area contributed by atoms with Crippen molar-refractivity contribution in [3.8, 4) is 11.5 Å². The van der Waals surface area contributed by atoms with E-state index in [9.17, 15) is 9.59 Å². The average molecular weight is 273 g/mol. The molecule has 0 aliphatic carbocycles. The second kappa shape index (κ2) is 5.00. The quantitative estimate of drug-likeness (QED) is 0.672. The summed E-state index contributed by atoms with van der Waals surface area (Å²) in [7, 11) is 0. The van der Waals surface area contributed by atoms with Crippen LogP contribution in [0.25, 0.3) is 0 Å². The van der Waals surface area contributed by atoms with E-state index >= 15 is 0 Å². The number of allylic oxidation sites excluding steroid dienone is 1. The molecule has 1 aromatic rings. The first-order valence-corrected chi connectivity index (χ1v) is 6.55. The Kier molecular flexibility index (Phi) is 3.18. The van der Waals surface area contributed by atoms with Crippen molar-refractivity contribution in [2.45, 2.75) is 26.2 Å². The summed E-state index contributed by atoms with van der Waals surface area (Å²) in [5.74, 6) is 1.07. The van der Waals surface area contributed by atoms with Crippen LogP contribution < -0.4 is 14.8 Å². The Labute approximate surface area is 116 Å². The Bertz CT molecular complexity index is 618. The van der Waals surface area contributed by atoms with E-state index in [1.165, 1.54) is 0 Å². The summed E-state index contributed by atoms with van der Waals surface area (Å²) in [5, 5.41) is 2.31. The number of benzene rings is 1. The summed E-state index contributed by atoms with van der Waals surface area (Å²) in [5.41, 5.74) is 2.70. The normalized spacial score (nSPS) is 19.2. The Morgan fingerprint density at radius 2 is 2.05 bits per heavy atom. The topological polar surface area (TPSA) is 64.6 Å². The number of aryl methyl sites for hydroxylation is 1. The molecule has 0 saturated carbocycles. The summed E-state index contributed by atoms with van der Waals surface area (Å²) in [6.07, 6.45) is 1.74. The van der Waals surface area contributed by atoms with Gasteiger partial charge in [-0.25, -0.2) is 0 Å². The molecule has 2 aliphatic rings. The molecular weight excluding hydrogens is 258 g/mol. The summed E-state index contributed by atoms with van der Waals surface area (Å²) in [6.45, 7) is 2.17. The number of carbonyl (C=O) groups excluding carboxylic acids is 2. The van der Waals surface area contributed by atoms with E-state index in [-0.39, 0.29) is 25.0 Å². The molecule has 5 nitrogen and oxygen atoms in total. The summed E-state index contributed by atoms with van der Waals surface area (Å²) in [6, 6.07) is 5.84. The van der Waals surface area contributed by atoms with E-state index < -0.39 is 0 Å². The largest absolute Gasteiger partial charge is 0.454 e. The Hall–Kier alpha value is -2.30. The molecule has 0 spiro atoms. The second-order valence-electron chi connectivity index (χ2n) is 5.00. The van der Waals surface area contributed by atoms with Crippen molar-refractivity contribution >= 4 is 11.8 Å². The number of hydrogen-bond donors (Lipinski definition) is 1. The molecule has 0 atom stereocenters. The van der Waals surface area contributed by atoms with Crippen LogP contribution in [0.4, 0.5) is 0 Å². The van der Waals surface area contributed by atoms with E-state index in [0.717, 1.165) is 35.5 Å². The fourth-order valence-electron chi connectivity index (χ4n) is 2.41. The van der Waals surface area contributed by atoms with Crippen molar-refractivity contribution in [2.24, 2.45) is 0 Å². The van der Waals surface area contributed by atoms with Gasteiger partial charge in [-0.05, 0) is 37.5 Å². The van der Waals surface area contributed by atoms with Crippen LogP contribution >= 0.6 is 0 Å². The number of ether oxygens (including phenoxy) is 2. The van der Waals surface area contributed by atoms with Gasteiger partial charge in [-0.2, -0.15) is 0 Å². The molecule has 20 heavy (non-hydrogen) atoms. The van der Waals surface area contributed by atoms with Gasteiger partial charge in [0.1, 0.15) is 0 Å². The smallest absolute Gasteiger partial charge is 0.254 e. The van der Waals surface area contributed by atoms with E-state index in [1.807, 2.05) is 25.1 Å². The fourth-order valence-corrected chi connectivity index (χ4v) is 2.41. The van der Waals surface area contributed by atoms with Crippen molar-refractivity contribution < 1.29 is 19.1 Å². The maximum atomic E-state index is 11.6. The lowest BCUT2D eigenvalue weighted by Crippen LogP contribution is -2.19. The highest BCUT2D eigenvalue weighted by Crippen LogP contribution is 2.33. The molecule has 5 heteroatoms. The number of hydrogen-bond acceptors (Lipinski definition) is 4. The highest BCUT2D eigenvalue weighted by atomic mass is 16.7. The molecule has 1 N–H and O–H groups in total. The first-order valence-electron chi connectivity index (χ1n) is 6.55. The molecule has 2 aliphatic heterocycles. The van der Waals surface area contributed by atoms with Crippen LogP contribution in [0.1, 0.15) is 25.3 Å². The molecular formula is C15H15NO4. The third kappa shape index (κ3) is 2.39. The molecule has 3 rings (SSSR count). The predicted octanol–water partition coefficient (Wildman–Crippen LogP) is 1.71. The van der Waals surface area contributed by atoms with Crippen LogP contribution in [-0.2, 0) is 16.0 Å². The van der Waals surface area contributed by atoms with E-state index in [2.05, 4.69) is 5.32 Å². The van der Waals surface area contributed by atoms with Gasteiger partial charge in [0.15, 0.2) is 11.5 Å². The van der Waals surface area contributed by atoms with E-state index in [4.69, 9.17) is 9.47 Å². The van der Waals surface area contributed by atoms with E-state index in [0.29, 0.717) is 5.57 Å². The average Bonchev–Trinajstić information content (AvgIpc) is 3.01. The monoisotopic (exact) mass is 273 g/mol. The number of nitrogens with one attached hydrogen (secondary N) is 1.